The molecule has 6 nitrogen and oxygen atoms in total. The Morgan fingerprint density at radius 2 is 1.84 bits per heavy atom. The molecule has 105 valence electrons. The number of hydrogen-bond donors (Lipinski definition) is 1. The first kappa shape index (κ1) is 19.8. The van der Waals surface area contributed by atoms with E-state index in [-0.39, 0.29) is 30.5 Å². The Morgan fingerprint density at radius 3 is 2.11 bits per heavy atom. The van der Waals surface area contributed by atoms with Gasteiger partial charge in [-0.05, 0) is 26.8 Å². The average molecular weight is 306 g/mol. The molecule has 0 aromatic rings. The van der Waals surface area contributed by atoms with Crippen molar-refractivity contribution in [2.75, 3.05) is 6.61 Å². The van der Waals surface area contributed by atoms with E-state index in [1.54, 1.807) is 26.8 Å². The first-order valence-corrected chi connectivity index (χ1v) is 5.42. The van der Waals surface area contributed by atoms with Gasteiger partial charge in [-0.15, -0.1) is 0 Å². The zero-order valence-electron chi connectivity index (χ0n) is 11.1. The number of carbonyl (C=O) groups is 3. The minimum atomic E-state index is -0.891. The number of carbonyl (C=O) groups excluding carboxylic acids is 2. The number of imide groups is 1. The molecular formula is C12H17NO5V. The second kappa shape index (κ2) is 10.4. The van der Waals surface area contributed by atoms with E-state index in [1.807, 2.05) is 0 Å². The molecule has 1 aliphatic heterocycles. The van der Waals surface area contributed by atoms with Crippen LogP contribution < -0.4 is 0 Å². The van der Waals surface area contributed by atoms with Crippen molar-refractivity contribution in [3.05, 3.63) is 24.3 Å². The van der Waals surface area contributed by atoms with Gasteiger partial charge in [-0.1, -0.05) is 12.2 Å². The zero-order valence-corrected chi connectivity index (χ0v) is 12.5. The molecule has 7 heteroatoms. The van der Waals surface area contributed by atoms with Crippen LogP contribution in [0.15, 0.2) is 24.3 Å². The number of cyclic esters (lactones) is 1. The van der Waals surface area contributed by atoms with Crippen LogP contribution >= 0.6 is 0 Å². The van der Waals surface area contributed by atoms with Crippen LogP contribution in [0.1, 0.15) is 20.8 Å². The van der Waals surface area contributed by atoms with E-state index in [9.17, 15) is 14.4 Å². The molecule has 19 heavy (non-hydrogen) atoms. The quantitative estimate of drug-likeness (QED) is 0.783. The van der Waals surface area contributed by atoms with Crippen molar-refractivity contribution < 1.29 is 42.8 Å². The first-order chi connectivity index (χ1) is 8.43. The number of ether oxygens (including phenoxy) is 1. The molecule has 1 aliphatic rings. The van der Waals surface area contributed by atoms with Crippen molar-refractivity contribution in [2.45, 2.75) is 26.8 Å². The summed E-state index contributed by atoms with van der Waals surface area (Å²) in [6.07, 6.45) is 4.96. The molecule has 1 atom stereocenters. The fraction of sp³-hybridized carbons (Fsp3) is 0.417. The molecule has 0 aliphatic carbocycles. The molecule has 1 fully saturated rings. The molecule has 1 rings (SSSR count). The van der Waals surface area contributed by atoms with Crippen molar-refractivity contribution in [2.24, 2.45) is 0 Å². The van der Waals surface area contributed by atoms with E-state index >= 15 is 0 Å². The van der Waals surface area contributed by atoms with Gasteiger partial charge in [0.15, 0.2) is 0 Å². The Kier molecular flexibility index (Phi) is 10.8. The van der Waals surface area contributed by atoms with E-state index < -0.39 is 12.1 Å². The van der Waals surface area contributed by atoms with E-state index in [2.05, 4.69) is 4.74 Å². The Hall–Kier alpha value is -1.53. The van der Waals surface area contributed by atoms with Gasteiger partial charge in [-0.3, -0.25) is 4.79 Å². The molecule has 1 N–H and O–H groups in total. The third-order valence-corrected chi connectivity index (χ3v) is 1.94. The van der Waals surface area contributed by atoms with Gasteiger partial charge >= 0.3 is 12.1 Å². The number of amides is 2. The monoisotopic (exact) mass is 306 g/mol. The molecule has 0 bridgehead atoms. The van der Waals surface area contributed by atoms with Gasteiger partial charge in [0.05, 0.1) is 6.04 Å². The molecule has 1 saturated heterocycles. The second-order valence-corrected chi connectivity index (χ2v) is 3.47. The fourth-order valence-electron chi connectivity index (χ4n) is 1.19. The predicted molar refractivity (Wildman–Crippen MR) is 64.9 cm³/mol. The Balaban J connectivity index is 0. The Bertz CT molecular complexity index is 378. The Morgan fingerprint density at radius 1 is 1.32 bits per heavy atom. The molecule has 1 radical (unpaired) electrons. The van der Waals surface area contributed by atoms with Gasteiger partial charge in [0.1, 0.15) is 6.61 Å². The van der Waals surface area contributed by atoms with Crippen molar-refractivity contribution in [3.63, 3.8) is 0 Å². The van der Waals surface area contributed by atoms with Crippen molar-refractivity contribution >= 4 is 18.0 Å². The summed E-state index contributed by atoms with van der Waals surface area (Å²) in [7, 11) is 0. The maximum absolute atomic E-state index is 11.2. The summed E-state index contributed by atoms with van der Waals surface area (Å²) < 4.78 is 4.68. The van der Waals surface area contributed by atoms with E-state index in [0.717, 1.165) is 11.0 Å². The van der Waals surface area contributed by atoms with Crippen molar-refractivity contribution in [1.82, 2.24) is 4.90 Å². The minimum Gasteiger partial charge on any atom is -0.478 e. The van der Waals surface area contributed by atoms with Crippen LogP contribution in [0.3, 0.4) is 0 Å². The standard InChI is InChI=1S/C8H11NO3.C4H6O2.V/c1-3-4-7(10)9-6(2)5-12-8(9)11;1-2-3-4(5)6;/h3-4,6H,5H2,1-2H3;2-3H,1H3,(H,5,6);/b;3-2+;. The molecule has 0 spiro atoms. The van der Waals surface area contributed by atoms with Crippen LogP contribution in [0.25, 0.3) is 0 Å². The summed E-state index contributed by atoms with van der Waals surface area (Å²) in [6, 6.07) is -0.152. The largest absolute Gasteiger partial charge is 0.478 e. The summed E-state index contributed by atoms with van der Waals surface area (Å²) in [5.74, 6) is -1.20. The summed E-state index contributed by atoms with van der Waals surface area (Å²) in [5.41, 5.74) is 0. The van der Waals surface area contributed by atoms with Gasteiger partial charge in [0, 0.05) is 24.6 Å². The maximum Gasteiger partial charge on any atom is 0.417 e. The molecule has 0 aromatic carbocycles. The van der Waals surface area contributed by atoms with E-state index in [1.165, 1.54) is 12.2 Å². The van der Waals surface area contributed by atoms with Crippen LogP contribution in [0.4, 0.5) is 4.79 Å². The van der Waals surface area contributed by atoms with Crippen molar-refractivity contribution in [3.8, 4) is 0 Å². The van der Waals surface area contributed by atoms with Crippen LogP contribution in [-0.2, 0) is 32.9 Å². The normalized spacial score (nSPS) is 17.7. The number of rotatable bonds is 2. The number of nitrogens with zero attached hydrogens (tertiary/aromatic N) is 1. The van der Waals surface area contributed by atoms with Crippen LogP contribution in [-0.4, -0.2) is 40.6 Å². The Labute approximate surface area is 124 Å². The summed E-state index contributed by atoms with van der Waals surface area (Å²) in [4.78, 5) is 32.8. The SMILES string of the molecule is C/C=C/C(=O)O.CC=CC(=O)N1C(=O)OCC1C.[V]. The first-order valence-electron chi connectivity index (χ1n) is 5.42. The third-order valence-electron chi connectivity index (χ3n) is 1.94. The molecule has 0 aromatic heterocycles. The molecule has 2 amide bonds. The van der Waals surface area contributed by atoms with Gasteiger partial charge in [-0.2, -0.15) is 0 Å². The zero-order chi connectivity index (χ0) is 14.1. The van der Waals surface area contributed by atoms with Gasteiger partial charge < -0.3 is 9.84 Å². The number of aliphatic carboxylic acids is 1. The summed E-state index contributed by atoms with van der Waals surface area (Å²) >= 11 is 0. The smallest absolute Gasteiger partial charge is 0.417 e. The van der Waals surface area contributed by atoms with Crippen LogP contribution in [0.2, 0.25) is 0 Å². The number of hydrogen-bond acceptors (Lipinski definition) is 4. The predicted octanol–water partition coefficient (Wildman–Crippen LogP) is 1.57. The molecule has 0 saturated carbocycles. The average Bonchev–Trinajstić information content (AvgIpc) is 2.59. The topological polar surface area (TPSA) is 83.9 Å². The maximum atomic E-state index is 11.2. The van der Waals surface area contributed by atoms with Gasteiger partial charge in [0.25, 0.3) is 5.91 Å². The van der Waals surface area contributed by atoms with Gasteiger partial charge in [-0.25, -0.2) is 14.5 Å². The summed E-state index contributed by atoms with van der Waals surface area (Å²) in [6.45, 7) is 5.45. The molecular weight excluding hydrogens is 289 g/mol. The summed E-state index contributed by atoms with van der Waals surface area (Å²) in [5, 5.41) is 7.83. The minimum absolute atomic E-state index is 0. The van der Waals surface area contributed by atoms with Crippen molar-refractivity contribution in [1.29, 1.82) is 0 Å². The fourth-order valence-corrected chi connectivity index (χ4v) is 1.19. The van der Waals surface area contributed by atoms with E-state index in [4.69, 9.17) is 5.11 Å². The number of carboxylic acids is 1. The number of carboxylic acid groups (broad SMARTS) is 1. The van der Waals surface area contributed by atoms with Crippen LogP contribution in [0, 0.1) is 0 Å². The van der Waals surface area contributed by atoms with E-state index in [0.29, 0.717) is 6.61 Å². The van der Waals surface area contributed by atoms with Gasteiger partial charge in [0.2, 0.25) is 0 Å². The third kappa shape index (κ3) is 7.48. The molecule has 1 unspecified atom stereocenters. The second-order valence-electron chi connectivity index (χ2n) is 3.47. The molecule has 1 heterocycles. The number of allylic oxidation sites excluding steroid dienone is 2. The van der Waals surface area contributed by atoms with Crippen LogP contribution in [0.5, 0.6) is 0 Å².